The van der Waals surface area contributed by atoms with E-state index < -0.39 is 0 Å². The zero-order valence-corrected chi connectivity index (χ0v) is 5.83. The van der Waals surface area contributed by atoms with E-state index in [4.69, 9.17) is 5.11 Å². The van der Waals surface area contributed by atoms with E-state index in [0.717, 1.165) is 0 Å². The highest BCUT2D eigenvalue weighted by Crippen LogP contribution is 2.15. The van der Waals surface area contributed by atoms with Crippen molar-refractivity contribution in [1.82, 2.24) is 0 Å². The van der Waals surface area contributed by atoms with Gasteiger partial charge in [0.25, 0.3) is 0 Å². The molecule has 1 nitrogen and oxygen atoms in total. The summed E-state index contributed by atoms with van der Waals surface area (Å²) in [5, 5.41) is 9.16. The van der Waals surface area contributed by atoms with Crippen LogP contribution in [0.25, 0.3) is 0 Å². The molecule has 0 saturated heterocycles. The molecule has 1 aliphatic rings. The molecule has 0 spiro atoms. The first-order valence-corrected chi connectivity index (χ1v) is 3.25. The van der Waals surface area contributed by atoms with Gasteiger partial charge >= 0.3 is 0 Å². The lowest BCUT2D eigenvalue weighted by Gasteiger charge is -2.15. The molecule has 0 aromatic rings. The Kier molecular flexibility index (Phi) is 1.72. The van der Waals surface area contributed by atoms with Gasteiger partial charge in [-0.1, -0.05) is 30.7 Å². The van der Waals surface area contributed by atoms with Gasteiger partial charge in [0.1, 0.15) is 0 Å². The van der Waals surface area contributed by atoms with E-state index in [1.165, 1.54) is 5.57 Å². The van der Waals surface area contributed by atoms with Crippen molar-refractivity contribution in [2.24, 2.45) is 5.92 Å². The molecule has 9 heavy (non-hydrogen) atoms. The van der Waals surface area contributed by atoms with E-state index in [-0.39, 0.29) is 12.0 Å². The molecule has 0 radical (unpaired) electrons. The predicted molar refractivity (Wildman–Crippen MR) is 38.1 cm³/mol. The van der Waals surface area contributed by atoms with E-state index in [1.54, 1.807) is 0 Å². The molecule has 50 valence electrons. The molecular weight excluding hydrogens is 112 g/mol. The van der Waals surface area contributed by atoms with Crippen LogP contribution in [0.15, 0.2) is 23.8 Å². The summed E-state index contributed by atoms with van der Waals surface area (Å²) < 4.78 is 0. The van der Waals surface area contributed by atoms with Crippen molar-refractivity contribution >= 4 is 0 Å². The molecule has 0 aromatic heterocycles. The van der Waals surface area contributed by atoms with Crippen LogP contribution in [0.3, 0.4) is 0 Å². The first-order chi connectivity index (χ1) is 4.20. The zero-order valence-electron chi connectivity index (χ0n) is 5.83. The van der Waals surface area contributed by atoms with Crippen molar-refractivity contribution in [3.05, 3.63) is 23.8 Å². The molecule has 0 aromatic carbocycles. The van der Waals surface area contributed by atoms with Gasteiger partial charge in [0, 0.05) is 5.92 Å². The summed E-state index contributed by atoms with van der Waals surface area (Å²) in [5.41, 5.74) is 1.24. The minimum atomic E-state index is -0.270. The molecule has 1 rings (SSSR count). The van der Waals surface area contributed by atoms with Crippen LogP contribution >= 0.6 is 0 Å². The van der Waals surface area contributed by atoms with Crippen molar-refractivity contribution < 1.29 is 5.11 Å². The molecule has 1 N–H and O–H groups in total. The lowest BCUT2D eigenvalue weighted by molar-refractivity contribution is 0.183. The van der Waals surface area contributed by atoms with Crippen LogP contribution in [0, 0.1) is 5.92 Å². The molecule has 0 heterocycles. The van der Waals surface area contributed by atoms with Crippen LogP contribution in [-0.4, -0.2) is 11.2 Å². The summed E-state index contributed by atoms with van der Waals surface area (Å²) >= 11 is 0. The van der Waals surface area contributed by atoms with Crippen molar-refractivity contribution in [3.63, 3.8) is 0 Å². The third kappa shape index (κ3) is 1.42. The molecular formula is C8H12O. The molecule has 1 aliphatic carbocycles. The number of hydrogen-bond donors (Lipinski definition) is 1. The Morgan fingerprint density at radius 2 is 2.22 bits per heavy atom. The van der Waals surface area contributed by atoms with Crippen molar-refractivity contribution in [2.75, 3.05) is 0 Å². The minimum Gasteiger partial charge on any atom is -0.388 e. The van der Waals surface area contributed by atoms with Crippen LogP contribution in [0.5, 0.6) is 0 Å². The van der Waals surface area contributed by atoms with Crippen molar-refractivity contribution in [2.45, 2.75) is 20.0 Å². The van der Waals surface area contributed by atoms with E-state index in [1.807, 2.05) is 26.0 Å². The largest absolute Gasteiger partial charge is 0.388 e. The standard InChI is InChI=1S/C8H12O/c1-6-3-4-8(9)7(2)5-6/h3-5,7-9H,1-2H3. The van der Waals surface area contributed by atoms with E-state index in [9.17, 15) is 0 Å². The SMILES string of the molecule is CC1=CC(C)C(O)C=C1. The number of rotatable bonds is 0. The molecule has 0 bridgehead atoms. The summed E-state index contributed by atoms with van der Waals surface area (Å²) in [6.07, 6.45) is 5.59. The first-order valence-electron chi connectivity index (χ1n) is 3.25. The van der Waals surface area contributed by atoms with E-state index >= 15 is 0 Å². The van der Waals surface area contributed by atoms with Gasteiger partial charge < -0.3 is 5.11 Å². The number of aliphatic hydroxyl groups excluding tert-OH is 1. The van der Waals surface area contributed by atoms with Gasteiger partial charge in [-0.2, -0.15) is 0 Å². The van der Waals surface area contributed by atoms with Gasteiger partial charge in [-0.15, -0.1) is 0 Å². The molecule has 0 amide bonds. The third-order valence-electron chi connectivity index (χ3n) is 1.62. The Labute approximate surface area is 55.7 Å². The van der Waals surface area contributed by atoms with Crippen molar-refractivity contribution in [1.29, 1.82) is 0 Å². The van der Waals surface area contributed by atoms with E-state index in [0.29, 0.717) is 0 Å². The number of hydrogen-bond acceptors (Lipinski definition) is 1. The fourth-order valence-electron chi connectivity index (χ4n) is 0.994. The third-order valence-corrected chi connectivity index (χ3v) is 1.62. The maximum atomic E-state index is 9.16. The first kappa shape index (κ1) is 6.56. The van der Waals surface area contributed by atoms with Gasteiger partial charge in [0.05, 0.1) is 6.10 Å². The van der Waals surface area contributed by atoms with Gasteiger partial charge in [0.15, 0.2) is 0 Å². The van der Waals surface area contributed by atoms with Gasteiger partial charge in [-0.3, -0.25) is 0 Å². The average Bonchev–Trinajstić information content (AvgIpc) is 1.80. The lowest BCUT2D eigenvalue weighted by Crippen LogP contribution is -2.14. The number of allylic oxidation sites excluding steroid dienone is 2. The van der Waals surface area contributed by atoms with E-state index in [2.05, 4.69) is 6.08 Å². The van der Waals surface area contributed by atoms with Gasteiger partial charge in [0.2, 0.25) is 0 Å². The summed E-state index contributed by atoms with van der Waals surface area (Å²) in [6.45, 7) is 4.05. The van der Waals surface area contributed by atoms with Crippen LogP contribution < -0.4 is 0 Å². The predicted octanol–water partition coefficient (Wildman–Crippen LogP) is 1.50. The normalized spacial score (nSPS) is 34.3. The Morgan fingerprint density at radius 3 is 2.67 bits per heavy atom. The Hall–Kier alpha value is -0.560. The monoisotopic (exact) mass is 124 g/mol. The Bertz CT molecular complexity index is 156. The maximum Gasteiger partial charge on any atom is 0.0784 e. The molecule has 1 heteroatoms. The van der Waals surface area contributed by atoms with Gasteiger partial charge in [-0.05, 0) is 6.92 Å². The number of aliphatic hydroxyl groups is 1. The molecule has 0 fully saturated rings. The Balaban J connectivity index is 2.70. The summed E-state index contributed by atoms with van der Waals surface area (Å²) in [6, 6.07) is 0. The molecule has 0 saturated carbocycles. The fraction of sp³-hybridized carbons (Fsp3) is 0.500. The van der Waals surface area contributed by atoms with Crippen LogP contribution in [-0.2, 0) is 0 Å². The van der Waals surface area contributed by atoms with Crippen LogP contribution in [0.1, 0.15) is 13.8 Å². The van der Waals surface area contributed by atoms with Crippen LogP contribution in [0.2, 0.25) is 0 Å². The maximum absolute atomic E-state index is 9.16. The summed E-state index contributed by atoms with van der Waals surface area (Å²) in [5.74, 6) is 0.287. The highest BCUT2D eigenvalue weighted by Gasteiger charge is 2.10. The summed E-state index contributed by atoms with van der Waals surface area (Å²) in [7, 11) is 0. The fourth-order valence-corrected chi connectivity index (χ4v) is 0.994. The highest BCUT2D eigenvalue weighted by molar-refractivity contribution is 5.23. The van der Waals surface area contributed by atoms with Crippen molar-refractivity contribution in [3.8, 4) is 0 Å². The highest BCUT2D eigenvalue weighted by atomic mass is 16.3. The second kappa shape index (κ2) is 2.36. The zero-order chi connectivity index (χ0) is 6.85. The second-order valence-electron chi connectivity index (χ2n) is 2.62. The smallest absolute Gasteiger partial charge is 0.0784 e. The minimum absolute atomic E-state index is 0.270. The van der Waals surface area contributed by atoms with Crippen LogP contribution in [0.4, 0.5) is 0 Å². The molecule has 2 atom stereocenters. The molecule has 2 unspecified atom stereocenters. The quantitative estimate of drug-likeness (QED) is 0.519. The topological polar surface area (TPSA) is 20.2 Å². The van der Waals surface area contributed by atoms with Gasteiger partial charge in [-0.25, -0.2) is 0 Å². The second-order valence-corrected chi connectivity index (χ2v) is 2.62. The lowest BCUT2D eigenvalue weighted by atomic mass is 9.96. The average molecular weight is 124 g/mol. The summed E-state index contributed by atoms with van der Waals surface area (Å²) in [4.78, 5) is 0. The Morgan fingerprint density at radius 1 is 1.56 bits per heavy atom. The molecule has 0 aliphatic heterocycles.